The van der Waals surface area contributed by atoms with Crippen LogP contribution in [-0.2, 0) is 9.59 Å². The fourth-order valence-corrected chi connectivity index (χ4v) is 3.89. The topological polar surface area (TPSA) is 83.6 Å². The fourth-order valence-electron chi connectivity index (χ4n) is 3.51. The Hall–Kier alpha value is -1.77. The molecule has 1 fully saturated rings. The summed E-state index contributed by atoms with van der Waals surface area (Å²) in [5.41, 5.74) is 1.30. The zero-order chi connectivity index (χ0) is 18.7. The first kappa shape index (κ1) is 19.0. The molecule has 0 bridgehead atoms. The van der Waals surface area contributed by atoms with E-state index in [0.717, 1.165) is 15.7 Å². The molecule has 3 rings (SSSR count). The highest BCUT2D eigenvalue weighted by atomic mass is 127. The molecule has 7 heteroatoms. The Kier molecular flexibility index (Phi) is 6.05. The van der Waals surface area contributed by atoms with Crippen molar-refractivity contribution < 1.29 is 19.2 Å². The number of ketones is 2. The van der Waals surface area contributed by atoms with Gasteiger partial charge in [0.25, 0.3) is 11.8 Å². The van der Waals surface area contributed by atoms with Gasteiger partial charge in [-0.1, -0.05) is 28.7 Å². The third-order valence-corrected chi connectivity index (χ3v) is 5.59. The van der Waals surface area contributed by atoms with Gasteiger partial charge in [-0.25, -0.2) is 0 Å². The van der Waals surface area contributed by atoms with Crippen molar-refractivity contribution in [1.29, 1.82) is 0 Å². The minimum Gasteiger partial charge on any atom is -0.384 e. The number of Topliss-reactive ketones (excluding diaryl/α,β-unsaturated/α-hetero) is 2. The number of amides is 2. The maximum absolute atomic E-state index is 13.0. The largest absolute Gasteiger partial charge is 0.384 e. The van der Waals surface area contributed by atoms with Crippen LogP contribution in [0, 0.1) is 0 Å². The van der Waals surface area contributed by atoms with E-state index in [4.69, 9.17) is 0 Å². The maximum atomic E-state index is 13.0. The van der Waals surface area contributed by atoms with Crippen LogP contribution in [0.25, 0.3) is 0 Å². The van der Waals surface area contributed by atoms with E-state index in [1.54, 1.807) is 18.2 Å². The highest BCUT2D eigenvalue weighted by molar-refractivity contribution is 14.1. The van der Waals surface area contributed by atoms with Gasteiger partial charge in [0.05, 0.1) is 17.2 Å². The summed E-state index contributed by atoms with van der Waals surface area (Å²) in [6.45, 7) is 0.706. The standard InChI is InChI=1S/C19H21IN2O4/c20-10-3-11-21-14-6-2-5-13-17(14)19(26)22(18(13)25)15-9-8-12(23)4-1-7-16(15)24/h2,5-6,15,21H,1,3-4,7-11H2. The SMILES string of the molecule is O=C1CCCC(=O)C(N2C(=O)c3cccc(NCCCI)c3C2=O)CC1. The van der Waals surface area contributed by atoms with Gasteiger partial charge >= 0.3 is 0 Å². The molecule has 1 unspecified atom stereocenters. The number of carbonyl (C=O) groups excluding carboxylic acids is 4. The number of halogens is 1. The molecule has 0 radical (unpaired) electrons. The predicted molar refractivity (Wildman–Crippen MR) is 106 cm³/mol. The lowest BCUT2D eigenvalue weighted by Gasteiger charge is -2.26. The van der Waals surface area contributed by atoms with Crippen molar-refractivity contribution in [3.8, 4) is 0 Å². The Balaban J connectivity index is 1.89. The third-order valence-electron chi connectivity index (χ3n) is 4.83. The van der Waals surface area contributed by atoms with Crippen LogP contribution >= 0.6 is 22.6 Å². The number of alkyl halides is 1. The van der Waals surface area contributed by atoms with Gasteiger partial charge in [0, 0.05) is 35.9 Å². The first-order chi connectivity index (χ1) is 12.5. The van der Waals surface area contributed by atoms with Gasteiger partial charge in [-0.05, 0) is 31.4 Å². The van der Waals surface area contributed by atoms with Gasteiger partial charge in [0.2, 0.25) is 0 Å². The van der Waals surface area contributed by atoms with Crippen LogP contribution in [0.3, 0.4) is 0 Å². The van der Waals surface area contributed by atoms with Crippen molar-refractivity contribution in [3.05, 3.63) is 29.3 Å². The molecule has 26 heavy (non-hydrogen) atoms. The predicted octanol–water partition coefficient (Wildman–Crippen LogP) is 2.99. The number of carbonyl (C=O) groups is 4. The van der Waals surface area contributed by atoms with Crippen molar-refractivity contribution in [1.82, 2.24) is 4.90 Å². The van der Waals surface area contributed by atoms with Crippen molar-refractivity contribution in [2.75, 3.05) is 16.3 Å². The van der Waals surface area contributed by atoms with E-state index < -0.39 is 17.9 Å². The van der Waals surface area contributed by atoms with E-state index in [0.29, 0.717) is 36.2 Å². The monoisotopic (exact) mass is 468 g/mol. The quantitative estimate of drug-likeness (QED) is 0.311. The van der Waals surface area contributed by atoms with Gasteiger partial charge < -0.3 is 5.32 Å². The molecule has 1 saturated carbocycles. The van der Waals surface area contributed by atoms with Crippen LogP contribution in [-0.4, -0.2) is 45.3 Å². The number of imide groups is 1. The molecule has 1 heterocycles. The fraction of sp³-hybridized carbons (Fsp3) is 0.474. The molecule has 0 spiro atoms. The number of hydrogen-bond donors (Lipinski definition) is 1. The summed E-state index contributed by atoms with van der Waals surface area (Å²) in [6.07, 6.45) is 2.50. The first-order valence-electron chi connectivity index (χ1n) is 8.89. The number of benzene rings is 1. The van der Waals surface area contributed by atoms with Crippen LogP contribution in [0.15, 0.2) is 18.2 Å². The van der Waals surface area contributed by atoms with Crippen molar-refractivity contribution in [2.45, 2.75) is 44.6 Å². The highest BCUT2D eigenvalue weighted by Gasteiger charge is 2.44. The number of nitrogens with one attached hydrogen (secondary N) is 1. The summed E-state index contributed by atoms with van der Waals surface area (Å²) < 4.78 is 0.989. The summed E-state index contributed by atoms with van der Waals surface area (Å²) in [5, 5.41) is 3.22. The molecule has 1 aliphatic carbocycles. The second kappa shape index (κ2) is 8.28. The molecule has 1 atom stereocenters. The van der Waals surface area contributed by atoms with Crippen molar-refractivity contribution >= 4 is 51.7 Å². The Labute approximate surface area is 165 Å². The van der Waals surface area contributed by atoms with E-state index in [9.17, 15) is 19.2 Å². The lowest BCUT2D eigenvalue weighted by Crippen LogP contribution is -2.45. The van der Waals surface area contributed by atoms with E-state index in [1.807, 2.05) is 0 Å². The average molecular weight is 468 g/mol. The number of fused-ring (bicyclic) bond motifs is 1. The molecule has 0 aromatic heterocycles. The van der Waals surface area contributed by atoms with Gasteiger partial charge in [-0.3, -0.25) is 24.1 Å². The Bertz CT molecular complexity index is 762. The van der Waals surface area contributed by atoms with Gasteiger partial charge in [0.1, 0.15) is 5.78 Å². The maximum Gasteiger partial charge on any atom is 0.264 e. The molecule has 1 aliphatic heterocycles. The Morgan fingerprint density at radius 2 is 1.88 bits per heavy atom. The summed E-state index contributed by atoms with van der Waals surface area (Å²) in [7, 11) is 0. The van der Waals surface area contributed by atoms with Crippen molar-refractivity contribution in [3.63, 3.8) is 0 Å². The van der Waals surface area contributed by atoms with Crippen molar-refractivity contribution in [2.24, 2.45) is 0 Å². The summed E-state index contributed by atoms with van der Waals surface area (Å²) >= 11 is 2.28. The van der Waals surface area contributed by atoms with Crippen LogP contribution in [0.2, 0.25) is 0 Å². The normalized spacial score (nSPS) is 20.8. The molecular weight excluding hydrogens is 447 g/mol. The Morgan fingerprint density at radius 1 is 1.08 bits per heavy atom. The van der Waals surface area contributed by atoms with E-state index in [-0.39, 0.29) is 30.8 Å². The second-order valence-electron chi connectivity index (χ2n) is 6.59. The van der Waals surface area contributed by atoms with E-state index in [2.05, 4.69) is 27.9 Å². The lowest BCUT2D eigenvalue weighted by atomic mass is 9.94. The zero-order valence-electron chi connectivity index (χ0n) is 14.4. The number of hydrogen-bond acceptors (Lipinski definition) is 5. The number of rotatable bonds is 5. The smallest absolute Gasteiger partial charge is 0.264 e. The van der Waals surface area contributed by atoms with E-state index in [1.165, 1.54) is 0 Å². The second-order valence-corrected chi connectivity index (χ2v) is 7.67. The molecule has 2 amide bonds. The average Bonchev–Trinajstić information content (AvgIpc) is 2.87. The molecule has 2 aliphatic rings. The van der Waals surface area contributed by atoms with Crippen LogP contribution < -0.4 is 5.32 Å². The lowest BCUT2D eigenvalue weighted by molar-refractivity contribution is -0.125. The molecular formula is C19H21IN2O4. The van der Waals surface area contributed by atoms with Crippen LogP contribution in [0.5, 0.6) is 0 Å². The molecule has 1 aromatic carbocycles. The molecule has 1 N–H and O–H groups in total. The number of anilines is 1. The number of nitrogens with zero attached hydrogens (tertiary/aromatic N) is 1. The van der Waals surface area contributed by atoms with Gasteiger partial charge in [-0.15, -0.1) is 0 Å². The molecule has 6 nitrogen and oxygen atoms in total. The summed E-state index contributed by atoms with van der Waals surface area (Å²) in [5.74, 6) is -0.922. The van der Waals surface area contributed by atoms with Crippen LogP contribution in [0.1, 0.15) is 59.2 Å². The minimum absolute atomic E-state index is 0.0836. The Morgan fingerprint density at radius 3 is 2.65 bits per heavy atom. The zero-order valence-corrected chi connectivity index (χ0v) is 16.6. The third kappa shape index (κ3) is 3.67. The highest BCUT2D eigenvalue weighted by Crippen LogP contribution is 2.32. The summed E-state index contributed by atoms with van der Waals surface area (Å²) in [6, 6.07) is 4.31. The molecule has 138 valence electrons. The first-order valence-corrected chi connectivity index (χ1v) is 10.4. The van der Waals surface area contributed by atoms with Gasteiger partial charge in [0.15, 0.2) is 5.78 Å². The molecule has 0 saturated heterocycles. The summed E-state index contributed by atoms with van der Waals surface area (Å²) in [4.78, 5) is 51.2. The molecule has 1 aromatic rings. The minimum atomic E-state index is -0.839. The van der Waals surface area contributed by atoms with Gasteiger partial charge in [-0.2, -0.15) is 0 Å². The van der Waals surface area contributed by atoms with Crippen LogP contribution in [0.4, 0.5) is 5.69 Å². The van der Waals surface area contributed by atoms with E-state index >= 15 is 0 Å².